The molecular formula is C15H24N2O. The molecule has 0 saturated carbocycles. The molecular weight excluding hydrogens is 224 g/mol. The van der Waals surface area contributed by atoms with Gasteiger partial charge in [0.1, 0.15) is 5.75 Å². The van der Waals surface area contributed by atoms with E-state index >= 15 is 0 Å². The number of methoxy groups -OCH3 is 1. The number of piperidine rings is 1. The second kappa shape index (κ2) is 6.64. The average molecular weight is 248 g/mol. The second-order valence-electron chi connectivity index (χ2n) is 5.06. The molecule has 1 aliphatic heterocycles. The minimum Gasteiger partial charge on any atom is -0.497 e. The van der Waals surface area contributed by atoms with E-state index in [1.54, 1.807) is 7.11 Å². The standard InChI is InChI=1S/C15H24N2O/c1-17(12-10-13-5-3-4-11-16-13)14-6-8-15(18-2)9-7-14/h6-9,13,16H,3-5,10-12H2,1-2H3. The van der Waals surface area contributed by atoms with E-state index in [0.29, 0.717) is 6.04 Å². The number of ether oxygens (including phenoxy) is 1. The summed E-state index contributed by atoms with van der Waals surface area (Å²) in [5, 5.41) is 3.60. The van der Waals surface area contributed by atoms with Crippen LogP contribution in [0.25, 0.3) is 0 Å². The van der Waals surface area contributed by atoms with Gasteiger partial charge in [-0.3, -0.25) is 0 Å². The van der Waals surface area contributed by atoms with Gasteiger partial charge in [0.25, 0.3) is 0 Å². The largest absolute Gasteiger partial charge is 0.497 e. The molecule has 1 aromatic rings. The van der Waals surface area contributed by atoms with Crippen LogP contribution in [-0.2, 0) is 0 Å². The quantitative estimate of drug-likeness (QED) is 0.867. The Morgan fingerprint density at radius 1 is 1.28 bits per heavy atom. The zero-order valence-electron chi connectivity index (χ0n) is 11.5. The van der Waals surface area contributed by atoms with E-state index in [4.69, 9.17) is 4.74 Å². The first-order chi connectivity index (χ1) is 8.79. The van der Waals surface area contributed by atoms with Crippen molar-refractivity contribution in [3.63, 3.8) is 0 Å². The average Bonchev–Trinajstić information content (AvgIpc) is 2.46. The number of hydrogen-bond donors (Lipinski definition) is 1. The van der Waals surface area contributed by atoms with Gasteiger partial charge in [-0.15, -0.1) is 0 Å². The van der Waals surface area contributed by atoms with Gasteiger partial charge in [0.05, 0.1) is 7.11 Å². The summed E-state index contributed by atoms with van der Waals surface area (Å²) in [5.74, 6) is 0.918. The van der Waals surface area contributed by atoms with Gasteiger partial charge in [0.15, 0.2) is 0 Å². The summed E-state index contributed by atoms with van der Waals surface area (Å²) in [7, 11) is 3.86. The maximum Gasteiger partial charge on any atom is 0.119 e. The van der Waals surface area contributed by atoms with E-state index in [9.17, 15) is 0 Å². The van der Waals surface area contributed by atoms with Crippen molar-refractivity contribution in [3.05, 3.63) is 24.3 Å². The Hall–Kier alpha value is -1.22. The van der Waals surface area contributed by atoms with Gasteiger partial charge in [0, 0.05) is 25.3 Å². The number of nitrogens with zero attached hydrogens (tertiary/aromatic N) is 1. The lowest BCUT2D eigenvalue weighted by Gasteiger charge is -2.27. The van der Waals surface area contributed by atoms with Crippen LogP contribution in [0.3, 0.4) is 0 Å². The van der Waals surface area contributed by atoms with Crippen LogP contribution in [0, 0.1) is 0 Å². The molecule has 1 saturated heterocycles. The number of hydrogen-bond acceptors (Lipinski definition) is 3. The Morgan fingerprint density at radius 3 is 2.67 bits per heavy atom. The van der Waals surface area contributed by atoms with E-state index in [2.05, 4.69) is 29.4 Å². The molecule has 18 heavy (non-hydrogen) atoms. The van der Waals surface area contributed by atoms with Crippen LogP contribution in [0.2, 0.25) is 0 Å². The van der Waals surface area contributed by atoms with Crippen molar-refractivity contribution < 1.29 is 4.74 Å². The number of nitrogens with one attached hydrogen (secondary N) is 1. The molecule has 3 nitrogen and oxygen atoms in total. The van der Waals surface area contributed by atoms with Crippen LogP contribution in [0.15, 0.2) is 24.3 Å². The van der Waals surface area contributed by atoms with Gasteiger partial charge >= 0.3 is 0 Å². The van der Waals surface area contributed by atoms with Gasteiger partial charge in [-0.05, 0) is 50.1 Å². The van der Waals surface area contributed by atoms with Crippen molar-refractivity contribution >= 4 is 5.69 Å². The summed E-state index contributed by atoms with van der Waals surface area (Å²) in [4.78, 5) is 2.32. The van der Waals surface area contributed by atoms with Gasteiger partial charge in [0.2, 0.25) is 0 Å². The third kappa shape index (κ3) is 3.64. The molecule has 1 unspecified atom stereocenters. The lowest BCUT2D eigenvalue weighted by atomic mass is 10.0. The van der Waals surface area contributed by atoms with Crippen molar-refractivity contribution in [1.29, 1.82) is 0 Å². The molecule has 1 atom stereocenters. The minimum atomic E-state index is 0.708. The highest BCUT2D eigenvalue weighted by molar-refractivity contribution is 5.48. The molecule has 100 valence electrons. The lowest BCUT2D eigenvalue weighted by Crippen LogP contribution is -2.36. The van der Waals surface area contributed by atoms with Crippen molar-refractivity contribution in [2.75, 3.05) is 32.1 Å². The molecule has 1 aliphatic rings. The van der Waals surface area contributed by atoms with E-state index in [1.165, 1.54) is 37.9 Å². The fourth-order valence-corrected chi connectivity index (χ4v) is 2.49. The number of benzene rings is 1. The molecule has 1 heterocycles. The van der Waals surface area contributed by atoms with Crippen LogP contribution in [0.1, 0.15) is 25.7 Å². The van der Waals surface area contributed by atoms with Crippen LogP contribution in [0.5, 0.6) is 5.75 Å². The van der Waals surface area contributed by atoms with Crippen molar-refractivity contribution in [1.82, 2.24) is 5.32 Å². The van der Waals surface area contributed by atoms with Crippen LogP contribution < -0.4 is 15.0 Å². The fourth-order valence-electron chi connectivity index (χ4n) is 2.49. The molecule has 3 heteroatoms. The SMILES string of the molecule is COc1ccc(N(C)CCC2CCCCN2)cc1. The highest BCUT2D eigenvalue weighted by Crippen LogP contribution is 2.19. The van der Waals surface area contributed by atoms with E-state index in [0.717, 1.165) is 12.3 Å². The summed E-state index contributed by atoms with van der Waals surface area (Å²) in [6, 6.07) is 8.98. The summed E-state index contributed by atoms with van der Waals surface area (Å²) in [5.41, 5.74) is 1.26. The maximum atomic E-state index is 5.18. The van der Waals surface area contributed by atoms with Crippen LogP contribution >= 0.6 is 0 Å². The zero-order valence-corrected chi connectivity index (χ0v) is 11.5. The highest BCUT2D eigenvalue weighted by Gasteiger charge is 2.13. The van der Waals surface area contributed by atoms with E-state index in [-0.39, 0.29) is 0 Å². The van der Waals surface area contributed by atoms with Gasteiger partial charge in [-0.25, -0.2) is 0 Å². The van der Waals surface area contributed by atoms with Crippen molar-refractivity contribution in [2.24, 2.45) is 0 Å². The molecule has 1 fully saturated rings. The molecule has 0 spiro atoms. The highest BCUT2D eigenvalue weighted by atomic mass is 16.5. The summed E-state index contributed by atoms with van der Waals surface area (Å²) >= 11 is 0. The Labute approximate surface area is 110 Å². The molecule has 0 bridgehead atoms. The monoisotopic (exact) mass is 248 g/mol. The number of rotatable bonds is 5. The third-order valence-electron chi connectivity index (χ3n) is 3.74. The molecule has 1 aromatic carbocycles. The number of anilines is 1. The maximum absolute atomic E-state index is 5.18. The lowest BCUT2D eigenvalue weighted by molar-refractivity contribution is 0.384. The topological polar surface area (TPSA) is 24.5 Å². The normalized spacial score (nSPS) is 19.6. The molecule has 0 aliphatic carbocycles. The van der Waals surface area contributed by atoms with Crippen LogP contribution in [0.4, 0.5) is 5.69 Å². The van der Waals surface area contributed by atoms with Gasteiger partial charge in [-0.1, -0.05) is 6.42 Å². The van der Waals surface area contributed by atoms with Gasteiger partial charge < -0.3 is 15.0 Å². The minimum absolute atomic E-state index is 0.708. The summed E-state index contributed by atoms with van der Waals surface area (Å²) in [6.45, 7) is 2.29. The first kappa shape index (κ1) is 13.2. The predicted molar refractivity (Wildman–Crippen MR) is 76.5 cm³/mol. The van der Waals surface area contributed by atoms with E-state index < -0.39 is 0 Å². The molecule has 0 aromatic heterocycles. The molecule has 2 rings (SSSR count). The smallest absolute Gasteiger partial charge is 0.119 e. The molecule has 1 N–H and O–H groups in total. The Kier molecular flexibility index (Phi) is 4.88. The summed E-state index contributed by atoms with van der Waals surface area (Å²) < 4.78 is 5.18. The van der Waals surface area contributed by atoms with Crippen LogP contribution in [-0.4, -0.2) is 33.3 Å². The summed E-state index contributed by atoms with van der Waals surface area (Å²) in [6.07, 6.45) is 5.27. The molecule has 0 radical (unpaired) electrons. The zero-order chi connectivity index (χ0) is 12.8. The second-order valence-corrected chi connectivity index (χ2v) is 5.06. The molecule has 0 amide bonds. The Balaban J connectivity index is 1.80. The Bertz CT molecular complexity index is 344. The predicted octanol–water partition coefficient (Wildman–Crippen LogP) is 2.66. The first-order valence-corrected chi connectivity index (χ1v) is 6.88. The first-order valence-electron chi connectivity index (χ1n) is 6.88. The third-order valence-corrected chi connectivity index (χ3v) is 3.74. The van der Waals surface area contributed by atoms with Gasteiger partial charge in [-0.2, -0.15) is 0 Å². The van der Waals surface area contributed by atoms with Crippen molar-refractivity contribution in [2.45, 2.75) is 31.7 Å². The fraction of sp³-hybridized carbons (Fsp3) is 0.600. The van der Waals surface area contributed by atoms with E-state index in [1.807, 2.05) is 12.1 Å². The van der Waals surface area contributed by atoms with Crippen molar-refractivity contribution in [3.8, 4) is 5.75 Å². The Morgan fingerprint density at radius 2 is 2.06 bits per heavy atom.